The number of halogens is 2. The summed E-state index contributed by atoms with van der Waals surface area (Å²) < 4.78 is 28.9. The zero-order valence-corrected chi connectivity index (χ0v) is 13.6. The van der Waals surface area contributed by atoms with Crippen LogP contribution in [0.15, 0.2) is 18.2 Å². The minimum Gasteiger partial charge on any atom is -0.468 e. The molecule has 0 aliphatic carbocycles. The van der Waals surface area contributed by atoms with E-state index in [1.807, 2.05) is 0 Å². The van der Waals surface area contributed by atoms with Gasteiger partial charge in [0.15, 0.2) is 5.78 Å². The summed E-state index contributed by atoms with van der Waals surface area (Å²) in [5.41, 5.74) is 0.216. The van der Waals surface area contributed by atoms with Crippen LogP contribution in [0.25, 0.3) is 0 Å². The SMILES string of the molecule is COC(=O)[C@@H](CC(=O)c1ccc(Cl)c(Cl)c1)NS(C)(=O)=O. The highest BCUT2D eigenvalue weighted by Gasteiger charge is 2.26. The minimum atomic E-state index is -3.67. The Morgan fingerprint density at radius 1 is 1.29 bits per heavy atom. The van der Waals surface area contributed by atoms with Crippen LogP contribution in [0.2, 0.25) is 10.0 Å². The quantitative estimate of drug-likeness (QED) is 0.620. The zero-order valence-electron chi connectivity index (χ0n) is 11.2. The van der Waals surface area contributed by atoms with Crippen LogP contribution in [-0.2, 0) is 19.6 Å². The second-order valence-corrected chi connectivity index (χ2v) is 6.82. The Kier molecular flexibility index (Phi) is 6.15. The number of hydrogen-bond acceptors (Lipinski definition) is 5. The first-order valence-corrected chi connectivity index (χ1v) is 8.32. The van der Waals surface area contributed by atoms with E-state index in [1.165, 1.54) is 18.2 Å². The highest BCUT2D eigenvalue weighted by atomic mass is 35.5. The summed E-state index contributed by atoms with van der Waals surface area (Å²) in [5.74, 6) is -1.33. The van der Waals surface area contributed by atoms with E-state index in [2.05, 4.69) is 9.46 Å². The second-order valence-electron chi connectivity index (χ2n) is 4.22. The first-order valence-electron chi connectivity index (χ1n) is 5.67. The van der Waals surface area contributed by atoms with Gasteiger partial charge in [0.25, 0.3) is 0 Å². The van der Waals surface area contributed by atoms with Crippen LogP contribution >= 0.6 is 23.2 Å². The number of Topliss-reactive ketones (excluding diaryl/α,β-unsaturated/α-hetero) is 1. The number of carbonyl (C=O) groups excluding carboxylic acids is 2. The molecule has 1 aromatic carbocycles. The number of carbonyl (C=O) groups is 2. The van der Waals surface area contributed by atoms with Gasteiger partial charge < -0.3 is 4.74 Å². The third kappa shape index (κ3) is 5.62. The summed E-state index contributed by atoms with van der Waals surface area (Å²) in [4.78, 5) is 23.6. The molecule has 21 heavy (non-hydrogen) atoms. The van der Waals surface area contributed by atoms with E-state index >= 15 is 0 Å². The first-order chi connectivity index (χ1) is 9.64. The highest BCUT2D eigenvalue weighted by Crippen LogP contribution is 2.23. The lowest BCUT2D eigenvalue weighted by molar-refractivity contribution is -0.142. The molecule has 0 unspecified atom stereocenters. The average Bonchev–Trinajstić information content (AvgIpc) is 2.38. The maximum Gasteiger partial charge on any atom is 0.324 e. The maximum absolute atomic E-state index is 12.1. The molecular formula is C12H13Cl2NO5S. The number of hydrogen-bond donors (Lipinski definition) is 1. The molecule has 0 aliphatic rings. The topological polar surface area (TPSA) is 89.5 Å². The van der Waals surface area contributed by atoms with Crippen LogP contribution < -0.4 is 4.72 Å². The molecule has 1 atom stereocenters. The predicted molar refractivity (Wildman–Crippen MR) is 79.2 cm³/mol. The van der Waals surface area contributed by atoms with Gasteiger partial charge in [-0.2, -0.15) is 0 Å². The van der Waals surface area contributed by atoms with Gasteiger partial charge in [-0.15, -0.1) is 0 Å². The lowest BCUT2D eigenvalue weighted by Crippen LogP contribution is -2.42. The zero-order chi connectivity index (χ0) is 16.2. The Labute approximate surface area is 132 Å². The summed E-state index contributed by atoms with van der Waals surface area (Å²) in [6.07, 6.45) is 0.490. The molecule has 0 amide bonds. The van der Waals surface area contributed by atoms with E-state index < -0.39 is 34.2 Å². The molecule has 0 aliphatic heterocycles. The fraction of sp³-hybridized carbons (Fsp3) is 0.333. The van der Waals surface area contributed by atoms with Crippen molar-refractivity contribution < 1.29 is 22.7 Å². The van der Waals surface area contributed by atoms with E-state index in [0.717, 1.165) is 13.4 Å². The number of ether oxygens (including phenoxy) is 1. The number of ketones is 1. The molecule has 0 spiro atoms. The number of nitrogens with one attached hydrogen (secondary N) is 1. The van der Waals surface area contributed by atoms with E-state index in [4.69, 9.17) is 23.2 Å². The number of sulfonamides is 1. The number of methoxy groups -OCH3 is 1. The predicted octanol–water partition coefficient (Wildman–Crippen LogP) is 1.66. The molecule has 0 saturated heterocycles. The van der Waals surface area contributed by atoms with Crippen molar-refractivity contribution in [1.29, 1.82) is 0 Å². The van der Waals surface area contributed by atoms with Gasteiger partial charge in [0.1, 0.15) is 6.04 Å². The Morgan fingerprint density at radius 2 is 1.90 bits per heavy atom. The van der Waals surface area contributed by atoms with Gasteiger partial charge in [-0.05, 0) is 18.2 Å². The van der Waals surface area contributed by atoms with Crippen molar-refractivity contribution in [3.8, 4) is 0 Å². The van der Waals surface area contributed by atoms with Crippen molar-refractivity contribution in [3.63, 3.8) is 0 Å². The van der Waals surface area contributed by atoms with Gasteiger partial charge in [-0.1, -0.05) is 23.2 Å². The number of rotatable bonds is 6. The molecule has 9 heteroatoms. The summed E-state index contributed by atoms with van der Waals surface area (Å²) in [5, 5.41) is 0.472. The Bertz CT molecular complexity index is 660. The van der Waals surface area contributed by atoms with E-state index in [1.54, 1.807) is 0 Å². The largest absolute Gasteiger partial charge is 0.468 e. The van der Waals surface area contributed by atoms with E-state index in [-0.39, 0.29) is 15.6 Å². The van der Waals surface area contributed by atoms with E-state index in [0.29, 0.717) is 0 Å². The molecule has 1 N–H and O–H groups in total. The highest BCUT2D eigenvalue weighted by molar-refractivity contribution is 7.88. The average molecular weight is 354 g/mol. The molecule has 0 fully saturated rings. The Morgan fingerprint density at radius 3 is 2.38 bits per heavy atom. The molecule has 0 radical (unpaired) electrons. The molecule has 0 heterocycles. The lowest BCUT2D eigenvalue weighted by atomic mass is 10.0. The van der Waals surface area contributed by atoms with Crippen LogP contribution in [0, 0.1) is 0 Å². The van der Waals surface area contributed by atoms with Crippen molar-refractivity contribution >= 4 is 45.0 Å². The van der Waals surface area contributed by atoms with Gasteiger partial charge in [-0.3, -0.25) is 9.59 Å². The fourth-order valence-electron chi connectivity index (χ4n) is 1.55. The molecule has 116 valence electrons. The number of esters is 1. The molecule has 1 aromatic rings. The van der Waals surface area contributed by atoms with Crippen molar-refractivity contribution in [2.75, 3.05) is 13.4 Å². The summed E-state index contributed by atoms with van der Waals surface area (Å²) in [7, 11) is -2.57. The van der Waals surface area contributed by atoms with Gasteiger partial charge in [0.2, 0.25) is 10.0 Å². The van der Waals surface area contributed by atoms with Crippen molar-refractivity contribution in [3.05, 3.63) is 33.8 Å². The summed E-state index contributed by atoms with van der Waals surface area (Å²) in [6, 6.07) is 2.92. The number of benzene rings is 1. The van der Waals surface area contributed by atoms with Crippen molar-refractivity contribution in [2.24, 2.45) is 0 Å². The smallest absolute Gasteiger partial charge is 0.324 e. The molecule has 0 bridgehead atoms. The molecule has 0 aromatic heterocycles. The second kappa shape index (κ2) is 7.22. The summed E-state index contributed by atoms with van der Waals surface area (Å²) >= 11 is 11.5. The molecule has 6 nitrogen and oxygen atoms in total. The van der Waals surface area contributed by atoms with Gasteiger partial charge in [0, 0.05) is 12.0 Å². The van der Waals surface area contributed by atoms with Gasteiger partial charge in [-0.25, -0.2) is 13.1 Å². The van der Waals surface area contributed by atoms with Crippen LogP contribution in [0.4, 0.5) is 0 Å². The van der Waals surface area contributed by atoms with Crippen LogP contribution in [0.1, 0.15) is 16.8 Å². The van der Waals surface area contributed by atoms with Crippen molar-refractivity contribution in [1.82, 2.24) is 4.72 Å². The van der Waals surface area contributed by atoms with Crippen molar-refractivity contribution in [2.45, 2.75) is 12.5 Å². The molecule has 0 saturated carbocycles. The summed E-state index contributed by atoms with van der Waals surface area (Å²) in [6.45, 7) is 0. The normalized spacial score (nSPS) is 12.8. The van der Waals surface area contributed by atoms with Crippen LogP contribution in [0.3, 0.4) is 0 Å². The lowest BCUT2D eigenvalue weighted by Gasteiger charge is -2.14. The molecular weight excluding hydrogens is 341 g/mol. The fourth-order valence-corrected chi connectivity index (χ4v) is 2.54. The van der Waals surface area contributed by atoms with Gasteiger partial charge >= 0.3 is 5.97 Å². The monoisotopic (exact) mass is 353 g/mol. The van der Waals surface area contributed by atoms with Gasteiger partial charge in [0.05, 0.1) is 23.4 Å². The Hall–Kier alpha value is -1.15. The Balaban J connectivity index is 2.94. The van der Waals surface area contributed by atoms with E-state index in [9.17, 15) is 18.0 Å². The standard InChI is InChI=1S/C12H13Cl2NO5S/c1-20-12(17)10(15-21(2,18)19)6-11(16)7-3-4-8(13)9(14)5-7/h3-5,10,15H,6H2,1-2H3/t10-/m1/s1. The van der Waals surface area contributed by atoms with Crippen LogP contribution in [-0.4, -0.2) is 39.6 Å². The minimum absolute atomic E-state index is 0.188. The van der Waals surface area contributed by atoms with Crippen LogP contribution in [0.5, 0.6) is 0 Å². The maximum atomic E-state index is 12.1. The third-order valence-corrected chi connectivity index (χ3v) is 3.92. The first kappa shape index (κ1) is 17.9. The third-order valence-electron chi connectivity index (χ3n) is 2.47. The molecule has 1 rings (SSSR count).